The van der Waals surface area contributed by atoms with Crippen molar-refractivity contribution in [3.05, 3.63) is 22.7 Å². The van der Waals surface area contributed by atoms with Gasteiger partial charge < -0.3 is 10.0 Å². The Kier molecular flexibility index (Phi) is 5.15. The Morgan fingerprint density at radius 2 is 2.06 bits per heavy atom. The van der Waals surface area contributed by atoms with Crippen molar-refractivity contribution in [1.82, 2.24) is 4.72 Å². The number of sulfonamides is 1. The number of nitrogens with zero attached hydrogens (tertiary/aromatic N) is 1. The summed E-state index contributed by atoms with van der Waals surface area (Å²) in [5.41, 5.74) is 0.787. The van der Waals surface area contributed by atoms with Gasteiger partial charge in [0.15, 0.2) is 0 Å². The molecule has 0 amide bonds. The minimum atomic E-state index is -3.64. The maximum Gasteiger partial charge on any atom is 0.242 e. The summed E-state index contributed by atoms with van der Waals surface area (Å²) in [5, 5.41) is 8.91. The molecule has 0 aliphatic rings. The molecule has 0 spiro atoms. The lowest BCUT2D eigenvalue weighted by atomic mass is 10.3. The van der Waals surface area contributed by atoms with E-state index in [9.17, 15) is 8.42 Å². The van der Waals surface area contributed by atoms with Crippen molar-refractivity contribution in [3.63, 3.8) is 0 Å². The lowest BCUT2D eigenvalue weighted by Crippen LogP contribution is -2.35. The maximum atomic E-state index is 12.1. The van der Waals surface area contributed by atoms with Crippen LogP contribution in [0.2, 0.25) is 0 Å². The molecule has 0 aliphatic carbocycles. The van der Waals surface area contributed by atoms with Crippen LogP contribution in [0.5, 0.6) is 0 Å². The molecule has 0 aromatic heterocycles. The van der Waals surface area contributed by atoms with Crippen LogP contribution in [0.1, 0.15) is 6.92 Å². The zero-order valence-electron chi connectivity index (χ0n) is 10.5. The van der Waals surface area contributed by atoms with E-state index in [-0.39, 0.29) is 11.5 Å². The predicted octanol–water partition coefficient (Wildman–Crippen LogP) is 1.17. The number of nitrogens with one attached hydrogen (secondary N) is 1. The summed E-state index contributed by atoms with van der Waals surface area (Å²) in [6, 6.07) is 4.56. The molecule has 2 N–H and O–H groups in total. The molecule has 0 saturated carbocycles. The van der Waals surface area contributed by atoms with Crippen molar-refractivity contribution >= 4 is 31.6 Å². The number of aliphatic hydroxyl groups is 1. The van der Waals surface area contributed by atoms with Crippen molar-refractivity contribution in [2.75, 3.05) is 25.6 Å². The van der Waals surface area contributed by atoms with Gasteiger partial charge in [0.1, 0.15) is 0 Å². The van der Waals surface area contributed by atoms with E-state index in [0.29, 0.717) is 4.47 Å². The Morgan fingerprint density at radius 3 is 2.56 bits per heavy atom. The first-order chi connectivity index (χ1) is 8.27. The Hall–Kier alpha value is -0.630. The van der Waals surface area contributed by atoms with Gasteiger partial charge in [-0.3, -0.25) is 0 Å². The van der Waals surface area contributed by atoms with E-state index in [1.54, 1.807) is 19.1 Å². The molecule has 0 aliphatic heterocycles. The first-order valence-corrected chi connectivity index (χ1v) is 7.65. The first kappa shape index (κ1) is 15.4. The Bertz CT molecular complexity index is 517. The van der Waals surface area contributed by atoms with Crippen LogP contribution in [0.25, 0.3) is 0 Å². The van der Waals surface area contributed by atoms with Crippen molar-refractivity contribution in [2.45, 2.75) is 17.9 Å². The molecule has 1 atom stereocenters. The van der Waals surface area contributed by atoms with Gasteiger partial charge in [0.25, 0.3) is 0 Å². The van der Waals surface area contributed by atoms with Crippen LogP contribution in [0.3, 0.4) is 0 Å². The van der Waals surface area contributed by atoms with Gasteiger partial charge in [0.2, 0.25) is 10.0 Å². The zero-order valence-corrected chi connectivity index (χ0v) is 12.9. The summed E-state index contributed by atoms with van der Waals surface area (Å²) in [7, 11) is 0.0316. The largest absolute Gasteiger partial charge is 0.395 e. The molecule has 0 saturated heterocycles. The SMILES string of the molecule is C[C@H](CO)NS(=O)(=O)c1cc(N(C)C)ccc1Br. The molecule has 5 nitrogen and oxygen atoms in total. The fourth-order valence-electron chi connectivity index (χ4n) is 1.34. The summed E-state index contributed by atoms with van der Waals surface area (Å²) in [5.74, 6) is 0. The van der Waals surface area contributed by atoms with Crippen LogP contribution >= 0.6 is 15.9 Å². The van der Waals surface area contributed by atoms with Gasteiger partial charge in [-0.05, 0) is 41.1 Å². The lowest BCUT2D eigenvalue weighted by Gasteiger charge is -2.16. The standard InChI is InChI=1S/C11H17BrN2O3S/c1-8(7-15)13-18(16,17)11-6-9(14(2)3)4-5-10(11)12/h4-6,8,13,15H,7H2,1-3H3/t8-/m1/s1. The third-order valence-corrected chi connectivity index (χ3v) is 4.93. The Balaban J connectivity index is 3.19. The van der Waals surface area contributed by atoms with Gasteiger partial charge in [-0.2, -0.15) is 0 Å². The second kappa shape index (κ2) is 6.01. The smallest absolute Gasteiger partial charge is 0.242 e. The second-order valence-electron chi connectivity index (χ2n) is 4.21. The van der Waals surface area contributed by atoms with E-state index in [4.69, 9.17) is 5.11 Å². The van der Waals surface area contributed by atoms with E-state index in [2.05, 4.69) is 20.7 Å². The lowest BCUT2D eigenvalue weighted by molar-refractivity contribution is 0.265. The van der Waals surface area contributed by atoms with Crippen LogP contribution < -0.4 is 9.62 Å². The fraction of sp³-hybridized carbons (Fsp3) is 0.455. The van der Waals surface area contributed by atoms with E-state index in [1.165, 1.54) is 0 Å². The highest BCUT2D eigenvalue weighted by Gasteiger charge is 2.20. The van der Waals surface area contributed by atoms with Gasteiger partial charge in [-0.15, -0.1) is 0 Å². The van der Waals surface area contributed by atoms with Gasteiger partial charge in [-0.25, -0.2) is 13.1 Å². The fourth-order valence-corrected chi connectivity index (χ4v) is 3.56. The highest BCUT2D eigenvalue weighted by molar-refractivity contribution is 9.10. The molecule has 0 bridgehead atoms. The Labute approximate surface area is 116 Å². The van der Waals surface area contributed by atoms with Crippen molar-refractivity contribution in [2.24, 2.45) is 0 Å². The summed E-state index contributed by atoms with van der Waals surface area (Å²) >= 11 is 3.23. The molecule has 1 aromatic rings. The first-order valence-electron chi connectivity index (χ1n) is 5.38. The average molecular weight is 337 g/mol. The summed E-state index contributed by atoms with van der Waals surface area (Å²) in [4.78, 5) is 1.98. The number of benzene rings is 1. The molecule has 102 valence electrons. The molecular weight excluding hydrogens is 320 g/mol. The quantitative estimate of drug-likeness (QED) is 0.846. The monoisotopic (exact) mass is 336 g/mol. The second-order valence-corrected chi connectivity index (χ2v) is 6.75. The number of anilines is 1. The van der Waals surface area contributed by atoms with Crippen molar-refractivity contribution in [1.29, 1.82) is 0 Å². The highest BCUT2D eigenvalue weighted by atomic mass is 79.9. The molecule has 1 aromatic carbocycles. The molecule has 0 fully saturated rings. The number of rotatable bonds is 5. The topological polar surface area (TPSA) is 69.6 Å². The molecule has 0 radical (unpaired) electrons. The van der Waals surface area contributed by atoms with Gasteiger partial charge >= 0.3 is 0 Å². The van der Waals surface area contributed by atoms with Crippen LogP contribution in [-0.4, -0.2) is 40.3 Å². The normalized spacial score (nSPS) is 13.4. The molecule has 1 rings (SSSR count). The molecular formula is C11H17BrN2O3S. The van der Waals surface area contributed by atoms with Gasteiger partial charge in [0, 0.05) is 30.3 Å². The highest BCUT2D eigenvalue weighted by Crippen LogP contribution is 2.26. The number of halogens is 1. The Morgan fingerprint density at radius 1 is 1.44 bits per heavy atom. The van der Waals surface area contributed by atoms with Crippen molar-refractivity contribution < 1.29 is 13.5 Å². The third kappa shape index (κ3) is 3.68. The number of hydrogen-bond acceptors (Lipinski definition) is 4. The average Bonchev–Trinajstić information content (AvgIpc) is 2.28. The van der Waals surface area contributed by atoms with E-state index < -0.39 is 16.1 Å². The molecule has 7 heteroatoms. The summed E-state index contributed by atoms with van der Waals surface area (Å²) < 4.78 is 27.1. The van der Waals surface area contributed by atoms with Crippen LogP contribution in [0.4, 0.5) is 5.69 Å². The van der Waals surface area contributed by atoms with E-state index in [1.807, 2.05) is 25.1 Å². The number of hydrogen-bond donors (Lipinski definition) is 2. The number of aliphatic hydroxyl groups excluding tert-OH is 1. The minimum Gasteiger partial charge on any atom is -0.395 e. The van der Waals surface area contributed by atoms with Crippen LogP contribution in [0, 0.1) is 0 Å². The third-order valence-electron chi connectivity index (χ3n) is 2.35. The predicted molar refractivity (Wildman–Crippen MR) is 75.3 cm³/mol. The summed E-state index contributed by atoms with van der Waals surface area (Å²) in [6.07, 6.45) is 0. The zero-order chi connectivity index (χ0) is 13.9. The van der Waals surface area contributed by atoms with Crippen LogP contribution in [-0.2, 0) is 10.0 Å². The van der Waals surface area contributed by atoms with Crippen LogP contribution in [0.15, 0.2) is 27.6 Å². The van der Waals surface area contributed by atoms with Gasteiger partial charge in [0.05, 0.1) is 11.5 Å². The molecule has 18 heavy (non-hydrogen) atoms. The molecule has 0 unspecified atom stereocenters. The molecule has 0 heterocycles. The van der Waals surface area contributed by atoms with E-state index in [0.717, 1.165) is 5.69 Å². The minimum absolute atomic E-state index is 0.161. The maximum absolute atomic E-state index is 12.1. The van der Waals surface area contributed by atoms with E-state index >= 15 is 0 Å². The van der Waals surface area contributed by atoms with Gasteiger partial charge in [-0.1, -0.05) is 0 Å². The van der Waals surface area contributed by atoms with Crippen molar-refractivity contribution in [3.8, 4) is 0 Å². The summed E-state index contributed by atoms with van der Waals surface area (Å²) in [6.45, 7) is 1.35.